The van der Waals surface area contributed by atoms with Crippen LogP contribution in [0.2, 0.25) is 0 Å². The van der Waals surface area contributed by atoms with Gasteiger partial charge < -0.3 is 10.6 Å². The number of amides is 1. The standard InChI is InChI=1S/C20H23FN4O3/c1-14-11-17(25(27)28)5-6-18(14)23-20(26)7-9-24-10-8-22-13-19(24)15-3-2-4-16(21)12-15/h2-6,11-12,19,22H,7-10,13H2,1H3,(H,23,26). The SMILES string of the molecule is Cc1cc([N+](=O)[O-])ccc1NC(=O)CCN1CCNCC1c1cccc(F)c1. The molecule has 0 aliphatic carbocycles. The zero-order chi connectivity index (χ0) is 20.1. The van der Waals surface area contributed by atoms with Crippen molar-refractivity contribution < 1.29 is 14.1 Å². The molecule has 1 atom stereocenters. The summed E-state index contributed by atoms with van der Waals surface area (Å²) in [6, 6.07) is 10.9. The number of aryl methyl sites for hydroxylation is 1. The van der Waals surface area contributed by atoms with Crippen LogP contribution in [0.1, 0.15) is 23.6 Å². The van der Waals surface area contributed by atoms with E-state index in [4.69, 9.17) is 0 Å². The lowest BCUT2D eigenvalue weighted by Crippen LogP contribution is -2.46. The van der Waals surface area contributed by atoms with Crippen molar-refractivity contribution in [2.75, 3.05) is 31.5 Å². The number of anilines is 1. The predicted octanol–water partition coefficient (Wildman–Crippen LogP) is 3.02. The number of nitro benzene ring substituents is 1. The van der Waals surface area contributed by atoms with Crippen LogP contribution in [0.3, 0.4) is 0 Å². The minimum Gasteiger partial charge on any atom is -0.326 e. The average Bonchev–Trinajstić information content (AvgIpc) is 2.68. The van der Waals surface area contributed by atoms with Crippen LogP contribution in [-0.4, -0.2) is 41.9 Å². The van der Waals surface area contributed by atoms with E-state index in [9.17, 15) is 19.3 Å². The van der Waals surface area contributed by atoms with Crippen molar-refractivity contribution in [2.45, 2.75) is 19.4 Å². The van der Waals surface area contributed by atoms with Gasteiger partial charge in [0.05, 0.1) is 4.92 Å². The van der Waals surface area contributed by atoms with Crippen LogP contribution in [0.25, 0.3) is 0 Å². The van der Waals surface area contributed by atoms with Gasteiger partial charge in [-0.2, -0.15) is 0 Å². The third-order valence-electron chi connectivity index (χ3n) is 4.91. The number of piperazine rings is 1. The van der Waals surface area contributed by atoms with Crippen molar-refractivity contribution in [2.24, 2.45) is 0 Å². The Morgan fingerprint density at radius 1 is 1.36 bits per heavy atom. The Morgan fingerprint density at radius 2 is 2.18 bits per heavy atom. The first-order valence-electron chi connectivity index (χ1n) is 9.19. The molecule has 7 nitrogen and oxygen atoms in total. The molecule has 8 heteroatoms. The van der Waals surface area contributed by atoms with Gasteiger partial charge in [-0.1, -0.05) is 12.1 Å². The quantitative estimate of drug-likeness (QED) is 0.589. The molecule has 1 aliphatic rings. The minimum absolute atomic E-state index is 0.00532. The number of nitrogens with one attached hydrogen (secondary N) is 2. The summed E-state index contributed by atoms with van der Waals surface area (Å²) in [6.45, 7) is 4.55. The largest absolute Gasteiger partial charge is 0.326 e. The van der Waals surface area contributed by atoms with Crippen LogP contribution in [0.4, 0.5) is 15.8 Å². The molecule has 2 aromatic carbocycles. The Morgan fingerprint density at radius 3 is 2.89 bits per heavy atom. The molecule has 1 amide bonds. The van der Waals surface area contributed by atoms with Gasteiger partial charge in [-0.3, -0.25) is 19.8 Å². The van der Waals surface area contributed by atoms with Crippen LogP contribution in [0, 0.1) is 22.9 Å². The lowest BCUT2D eigenvalue weighted by Gasteiger charge is -2.36. The van der Waals surface area contributed by atoms with Gasteiger partial charge in [0.15, 0.2) is 0 Å². The van der Waals surface area contributed by atoms with E-state index in [-0.39, 0.29) is 29.9 Å². The summed E-state index contributed by atoms with van der Waals surface area (Å²) in [5.74, 6) is -0.428. The molecule has 0 aromatic heterocycles. The Bertz CT molecular complexity index is 874. The molecule has 1 unspecified atom stereocenters. The van der Waals surface area contributed by atoms with Crippen LogP contribution in [-0.2, 0) is 4.79 Å². The number of benzene rings is 2. The number of nitrogens with zero attached hydrogens (tertiary/aromatic N) is 2. The van der Waals surface area contributed by atoms with Crippen LogP contribution < -0.4 is 10.6 Å². The third kappa shape index (κ3) is 4.90. The topological polar surface area (TPSA) is 87.5 Å². The van der Waals surface area contributed by atoms with Crippen molar-refractivity contribution in [3.05, 3.63) is 69.5 Å². The van der Waals surface area contributed by atoms with Gasteiger partial charge in [-0.25, -0.2) is 4.39 Å². The molecule has 1 saturated heterocycles. The summed E-state index contributed by atoms with van der Waals surface area (Å²) >= 11 is 0. The number of hydrogen-bond acceptors (Lipinski definition) is 5. The van der Waals surface area contributed by atoms with E-state index >= 15 is 0 Å². The second-order valence-corrected chi connectivity index (χ2v) is 6.87. The normalized spacial score (nSPS) is 17.3. The Hall–Kier alpha value is -2.84. The van der Waals surface area contributed by atoms with Crippen LogP contribution in [0.5, 0.6) is 0 Å². The fourth-order valence-corrected chi connectivity index (χ4v) is 3.42. The highest BCUT2D eigenvalue weighted by atomic mass is 19.1. The molecule has 2 aromatic rings. The number of carbonyl (C=O) groups excluding carboxylic acids is 1. The van der Waals surface area contributed by atoms with Gasteiger partial charge >= 0.3 is 0 Å². The van der Waals surface area contributed by atoms with Gasteiger partial charge in [0.2, 0.25) is 5.91 Å². The maximum absolute atomic E-state index is 13.6. The monoisotopic (exact) mass is 386 g/mol. The molecular weight excluding hydrogens is 363 g/mol. The number of carbonyl (C=O) groups is 1. The molecule has 28 heavy (non-hydrogen) atoms. The molecule has 1 heterocycles. The Balaban J connectivity index is 1.60. The van der Waals surface area contributed by atoms with Crippen molar-refractivity contribution in [1.29, 1.82) is 0 Å². The maximum atomic E-state index is 13.6. The van der Waals surface area contributed by atoms with E-state index in [2.05, 4.69) is 15.5 Å². The minimum atomic E-state index is -0.463. The highest BCUT2D eigenvalue weighted by Crippen LogP contribution is 2.24. The molecule has 1 fully saturated rings. The molecule has 148 valence electrons. The summed E-state index contributed by atoms with van der Waals surface area (Å²) < 4.78 is 13.6. The Kier molecular flexibility index (Phi) is 6.33. The van der Waals surface area contributed by atoms with E-state index in [1.807, 2.05) is 6.07 Å². The Labute approximate surface area is 162 Å². The first-order chi connectivity index (χ1) is 13.4. The van der Waals surface area contributed by atoms with E-state index in [1.165, 1.54) is 24.3 Å². The highest BCUT2D eigenvalue weighted by Gasteiger charge is 2.24. The fourth-order valence-electron chi connectivity index (χ4n) is 3.42. The summed E-state index contributed by atoms with van der Waals surface area (Å²) in [7, 11) is 0. The summed E-state index contributed by atoms with van der Waals surface area (Å²) in [5, 5.41) is 16.9. The predicted molar refractivity (Wildman–Crippen MR) is 105 cm³/mol. The van der Waals surface area contributed by atoms with Crippen molar-refractivity contribution in [1.82, 2.24) is 10.2 Å². The lowest BCUT2D eigenvalue weighted by atomic mass is 10.0. The van der Waals surface area contributed by atoms with Gasteiger partial charge in [-0.15, -0.1) is 0 Å². The summed E-state index contributed by atoms with van der Waals surface area (Å²) in [4.78, 5) is 24.9. The number of rotatable bonds is 6. The molecule has 0 radical (unpaired) electrons. The number of halogens is 1. The molecular formula is C20H23FN4O3. The van der Waals surface area contributed by atoms with Gasteiger partial charge in [0.25, 0.3) is 5.69 Å². The molecule has 0 spiro atoms. The first kappa shape index (κ1) is 19.9. The third-order valence-corrected chi connectivity index (χ3v) is 4.91. The van der Waals surface area contributed by atoms with Crippen molar-refractivity contribution >= 4 is 17.3 Å². The number of hydrogen-bond donors (Lipinski definition) is 2. The molecule has 1 aliphatic heterocycles. The maximum Gasteiger partial charge on any atom is 0.269 e. The zero-order valence-electron chi connectivity index (χ0n) is 15.7. The summed E-state index contributed by atoms with van der Waals surface area (Å²) in [5.41, 5.74) is 2.09. The molecule has 2 N–H and O–H groups in total. The highest BCUT2D eigenvalue weighted by molar-refractivity contribution is 5.91. The van der Waals surface area contributed by atoms with E-state index < -0.39 is 4.92 Å². The van der Waals surface area contributed by atoms with E-state index in [1.54, 1.807) is 19.1 Å². The molecule has 3 rings (SSSR count). The second kappa shape index (κ2) is 8.90. The molecule has 0 bridgehead atoms. The first-order valence-corrected chi connectivity index (χ1v) is 9.19. The zero-order valence-corrected chi connectivity index (χ0v) is 15.7. The molecule has 0 saturated carbocycles. The van der Waals surface area contributed by atoms with E-state index in [0.29, 0.717) is 24.3 Å². The van der Waals surface area contributed by atoms with Crippen molar-refractivity contribution in [3.8, 4) is 0 Å². The fraction of sp³-hybridized carbons (Fsp3) is 0.350. The van der Waals surface area contributed by atoms with Gasteiger partial charge in [0.1, 0.15) is 5.82 Å². The second-order valence-electron chi connectivity index (χ2n) is 6.87. The smallest absolute Gasteiger partial charge is 0.269 e. The van der Waals surface area contributed by atoms with Crippen LogP contribution >= 0.6 is 0 Å². The van der Waals surface area contributed by atoms with Gasteiger partial charge in [0, 0.05) is 56.5 Å². The van der Waals surface area contributed by atoms with Gasteiger partial charge in [-0.05, 0) is 36.2 Å². The lowest BCUT2D eigenvalue weighted by molar-refractivity contribution is -0.384. The van der Waals surface area contributed by atoms with Crippen molar-refractivity contribution in [3.63, 3.8) is 0 Å². The van der Waals surface area contributed by atoms with Crippen LogP contribution in [0.15, 0.2) is 42.5 Å². The summed E-state index contributed by atoms with van der Waals surface area (Å²) in [6.07, 6.45) is 0.280. The average molecular weight is 386 g/mol. The number of nitro groups is 1. The number of non-ortho nitro benzene ring substituents is 1. The van der Waals surface area contributed by atoms with E-state index in [0.717, 1.165) is 18.7 Å².